The smallest absolute Gasteiger partial charge is 0.102 e. The van der Waals surface area contributed by atoms with Gasteiger partial charge in [-0.05, 0) is 24.1 Å². The van der Waals surface area contributed by atoms with Crippen molar-refractivity contribution in [1.29, 1.82) is 0 Å². The van der Waals surface area contributed by atoms with E-state index in [0.717, 1.165) is 12.1 Å². The van der Waals surface area contributed by atoms with Crippen LogP contribution < -0.4 is 5.32 Å². The van der Waals surface area contributed by atoms with Gasteiger partial charge in [-0.15, -0.1) is 0 Å². The Kier molecular flexibility index (Phi) is 3.67. The van der Waals surface area contributed by atoms with Crippen LogP contribution in [-0.4, -0.2) is 18.2 Å². The summed E-state index contributed by atoms with van der Waals surface area (Å²) < 4.78 is 11.7. The van der Waals surface area contributed by atoms with Gasteiger partial charge in [0, 0.05) is 25.5 Å². The van der Waals surface area contributed by atoms with Crippen molar-refractivity contribution >= 4 is 0 Å². The summed E-state index contributed by atoms with van der Waals surface area (Å²) >= 11 is 0. The molecule has 0 amide bonds. The first kappa shape index (κ1) is 9.13. The van der Waals surface area contributed by atoms with E-state index < -0.39 is 0 Å². The van der Waals surface area contributed by atoms with Crippen LogP contribution in [0.3, 0.4) is 0 Å². The zero-order chi connectivity index (χ0) is 8.81. The van der Waals surface area contributed by atoms with E-state index in [1.165, 1.54) is 5.56 Å². The molecule has 12 heavy (non-hydrogen) atoms. The number of alkyl halides is 1. The minimum Gasteiger partial charge on any atom is -0.310 e. The standard InChI is InChI=1S/C9H13FN2/c1-8-6-11-4-2-9(8)7-12-5-3-10/h2,4,6,12H,3,5,7H2,1H3. The Morgan fingerprint density at radius 3 is 3.08 bits per heavy atom. The number of nitrogens with one attached hydrogen (secondary N) is 1. The number of pyridine rings is 1. The molecule has 0 aliphatic heterocycles. The monoisotopic (exact) mass is 168 g/mol. The van der Waals surface area contributed by atoms with Crippen molar-refractivity contribution in [3.8, 4) is 0 Å². The molecule has 66 valence electrons. The molecule has 0 spiro atoms. The predicted octanol–water partition coefficient (Wildman–Crippen LogP) is 1.45. The predicted molar refractivity (Wildman–Crippen MR) is 46.7 cm³/mol. The van der Waals surface area contributed by atoms with Crippen molar-refractivity contribution in [2.45, 2.75) is 13.5 Å². The number of aromatic nitrogens is 1. The fourth-order valence-corrected chi connectivity index (χ4v) is 0.990. The Balaban J connectivity index is 2.46. The quantitative estimate of drug-likeness (QED) is 0.688. The first-order chi connectivity index (χ1) is 5.84. The third-order valence-corrected chi connectivity index (χ3v) is 1.72. The molecule has 0 saturated carbocycles. The highest BCUT2D eigenvalue weighted by Crippen LogP contribution is 2.03. The van der Waals surface area contributed by atoms with E-state index in [-0.39, 0.29) is 6.67 Å². The summed E-state index contributed by atoms with van der Waals surface area (Å²) in [6.07, 6.45) is 3.56. The van der Waals surface area contributed by atoms with E-state index in [2.05, 4.69) is 10.3 Å². The largest absolute Gasteiger partial charge is 0.310 e. The van der Waals surface area contributed by atoms with Crippen molar-refractivity contribution in [3.05, 3.63) is 29.6 Å². The minimum atomic E-state index is -0.315. The van der Waals surface area contributed by atoms with Gasteiger partial charge in [0.25, 0.3) is 0 Å². The highest BCUT2D eigenvalue weighted by atomic mass is 19.1. The van der Waals surface area contributed by atoms with Crippen LogP contribution in [0.5, 0.6) is 0 Å². The van der Waals surface area contributed by atoms with Gasteiger partial charge >= 0.3 is 0 Å². The molecule has 3 heteroatoms. The molecule has 0 bridgehead atoms. The zero-order valence-corrected chi connectivity index (χ0v) is 7.18. The molecule has 0 aliphatic rings. The van der Waals surface area contributed by atoms with Crippen LogP contribution in [0.1, 0.15) is 11.1 Å². The zero-order valence-electron chi connectivity index (χ0n) is 7.18. The lowest BCUT2D eigenvalue weighted by molar-refractivity contribution is 0.466. The van der Waals surface area contributed by atoms with Gasteiger partial charge in [-0.3, -0.25) is 4.98 Å². The fraction of sp³-hybridized carbons (Fsp3) is 0.444. The highest BCUT2D eigenvalue weighted by Gasteiger charge is 1.95. The molecule has 0 atom stereocenters. The first-order valence-electron chi connectivity index (χ1n) is 4.01. The second-order valence-corrected chi connectivity index (χ2v) is 2.67. The Morgan fingerprint density at radius 1 is 1.58 bits per heavy atom. The van der Waals surface area contributed by atoms with E-state index in [0.29, 0.717) is 6.54 Å². The second kappa shape index (κ2) is 4.83. The molecule has 0 radical (unpaired) electrons. The molecule has 2 nitrogen and oxygen atoms in total. The summed E-state index contributed by atoms with van der Waals surface area (Å²) in [5.74, 6) is 0. The van der Waals surface area contributed by atoms with Crippen molar-refractivity contribution in [1.82, 2.24) is 10.3 Å². The molecule has 1 N–H and O–H groups in total. The van der Waals surface area contributed by atoms with Gasteiger partial charge in [0.2, 0.25) is 0 Å². The fourth-order valence-electron chi connectivity index (χ4n) is 0.990. The lowest BCUT2D eigenvalue weighted by Crippen LogP contribution is -2.16. The molecular formula is C9H13FN2. The molecule has 0 aromatic carbocycles. The van der Waals surface area contributed by atoms with Gasteiger partial charge < -0.3 is 5.32 Å². The van der Waals surface area contributed by atoms with Gasteiger partial charge in [-0.2, -0.15) is 0 Å². The summed E-state index contributed by atoms with van der Waals surface area (Å²) in [6.45, 7) is 2.82. The van der Waals surface area contributed by atoms with Crippen molar-refractivity contribution in [2.75, 3.05) is 13.2 Å². The van der Waals surface area contributed by atoms with E-state index in [1.807, 2.05) is 19.2 Å². The lowest BCUT2D eigenvalue weighted by atomic mass is 10.1. The molecular weight excluding hydrogens is 155 g/mol. The maximum absolute atomic E-state index is 11.7. The van der Waals surface area contributed by atoms with Crippen LogP contribution in [0.4, 0.5) is 4.39 Å². The SMILES string of the molecule is Cc1cnccc1CNCCF. The number of hydrogen-bond acceptors (Lipinski definition) is 2. The molecule has 1 aromatic heterocycles. The molecule has 1 heterocycles. The molecule has 1 aromatic rings. The van der Waals surface area contributed by atoms with Crippen LogP contribution in [-0.2, 0) is 6.54 Å². The van der Waals surface area contributed by atoms with Gasteiger partial charge in [-0.25, -0.2) is 4.39 Å². The van der Waals surface area contributed by atoms with E-state index in [4.69, 9.17) is 0 Å². The van der Waals surface area contributed by atoms with Gasteiger partial charge in [0.15, 0.2) is 0 Å². The Bertz CT molecular complexity index is 238. The molecule has 1 rings (SSSR count). The van der Waals surface area contributed by atoms with Crippen molar-refractivity contribution in [3.63, 3.8) is 0 Å². The number of rotatable bonds is 4. The minimum absolute atomic E-state index is 0.315. The third-order valence-electron chi connectivity index (χ3n) is 1.72. The highest BCUT2D eigenvalue weighted by molar-refractivity contribution is 5.20. The molecule has 0 fully saturated rings. The van der Waals surface area contributed by atoms with Gasteiger partial charge in [0.1, 0.15) is 6.67 Å². The number of halogens is 1. The van der Waals surface area contributed by atoms with Gasteiger partial charge in [-0.1, -0.05) is 0 Å². The third kappa shape index (κ3) is 2.58. The first-order valence-corrected chi connectivity index (χ1v) is 4.01. The van der Waals surface area contributed by atoms with Crippen molar-refractivity contribution < 1.29 is 4.39 Å². The maximum atomic E-state index is 11.7. The molecule has 0 unspecified atom stereocenters. The Morgan fingerprint density at radius 2 is 2.42 bits per heavy atom. The average Bonchev–Trinajstić information content (AvgIpc) is 2.09. The maximum Gasteiger partial charge on any atom is 0.102 e. The van der Waals surface area contributed by atoms with Crippen LogP contribution >= 0.6 is 0 Å². The Hall–Kier alpha value is -0.960. The average molecular weight is 168 g/mol. The number of hydrogen-bond donors (Lipinski definition) is 1. The summed E-state index contributed by atoms with van der Waals surface area (Å²) in [5.41, 5.74) is 2.32. The van der Waals surface area contributed by atoms with Crippen molar-refractivity contribution in [2.24, 2.45) is 0 Å². The van der Waals surface area contributed by atoms with Crippen LogP contribution in [0, 0.1) is 6.92 Å². The van der Waals surface area contributed by atoms with Crippen LogP contribution in [0.2, 0.25) is 0 Å². The second-order valence-electron chi connectivity index (χ2n) is 2.67. The number of nitrogens with zero attached hydrogens (tertiary/aromatic N) is 1. The topological polar surface area (TPSA) is 24.9 Å². The summed E-state index contributed by atoms with van der Waals surface area (Å²) in [7, 11) is 0. The van der Waals surface area contributed by atoms with E-state index >= 15 is 0 Å². The lowest BCUT2D eigenvalue weighted by Gasteiger charge is -2.04. The van der Waals surface area contributed by atoms with E-state index in [9.17, 15) is 4.39 Å². The Labute approximate surface area is 71.8 Å². The van der Waals surface area contributed by atoms with Crippen LogP contribution in [0.25, 0.3) is 0 Å². The van der Waals surface area contributed by atoms with Gasteiger partial charge in [0.05, 0.1) is 0 Å². The van der Waals surface area contributed by atoms with Crippen LogP contribution in [0.15, 0.2) is 18.5 Å². The van der Waals surface area contributed by atoms with E-state index in [1.54, 1.807) is 6.20 Å². The molecule has 0 aliphatic carbocycles. The summed E-state index contributed by atoms with van der Waals surface area (Å²) in [5, 5.41) is 2.99. The molecule has 0 saturated heterocycles. The normalized spacial score (nSPS) is 10.2. The summed E-state index contributed by atoms with van der Waals surface area (Å²) in [4.78, 5) is 3.97. The number of aryl methyl sites for hydroxylation is 1. The summed E-state index contributed by atoms with van der Waals surface area (Å²) in [6, 6.07) is 1.95.